The van der Waals surface area contributed by atoms with E-state index < -0.39 is 38.5 Å². The second-order valence-corrected chi connectivity index (χ2v) is 10.6. The summed E-state index contributed by atoms with van der Waals surface area (Å²) in [5, 5.41) is 0.391. The van der Waals surface area contributed by atoms with Crippen LogP contribution in [0.25, 0.3) is 0 Å². The number of carbonyl (C=O) groups is 3. The van der Waals surface area contributed by atoms with Gasteiger partial charge in [-0.25, -0.2) is 0 Å². The van der Waals surface area contributed by atoms with Gasteiger partial charge in [-0.3, -0.25) is 14.4 Å². The molecule has 7 nitrogen and oxygen atoms in total. The average molecular weight is 391 g/mol. The van der Waals surface area contributed by atoms with Crippen LogP contribution in [0.1, 0.15) is 39.5 Å². The van der Waals surface area contributed by atoms with E-state index in [1.807, 2.05) is 26.0 Å². The minimum Gasteiger partial charge on any atom is -0.299 e. The van der Waals surface area contributed by atoms with E-state index in [4.69, 9.17) is 4.28 Å². The van der Waals surface area contributed by atoms with Crippen molar-refractivity contribution in [2.75, 3.05) is 5.75 Å². The maximum atomic E-state index is 12.8. The van der Waals surface area contributed by atoms with Gasteiger partial charge in [0.15, 0.2) is 0 Å². The van der Waals surface area contributed by atoms with Crippen LogP contribution >= 0.6 is 0 Å². The van der Waals surface area contributed by atoms with Gasteiger partial charge in [0, 0.05) is 29.4 Å². The van der Waals surface area contributed by atoms with Crippen LogP contribution in [-0.2, 0) is 28.8 Å². The van der Waals surface area contributed by atoms with Gasteiger partial charge in [0.05, 0.1) is 11.2 Å². The number of Topliss-reactive ketones (excluding diaryl/α,β-unsaturated/α-hetero) is 1. The molecule has 4 aliphatic carbocycles. The molecule has 2 fully saturated rings. The maximum Gasteiger partial charge on any atom is 0.289 e. The lowest BCUT2D eigenvalue weighted by Gasteiger charge is -2.36. The lowest BCUT2D eigenvalue weighted by molar-refractivity contribution is -0.163. The predicted octanol–water partition coefficient (Wildman–Crippen LogP) is 1.51. The summed E-state index contributed by atoms with van der Waals surface area (Å²) < 4.78 is 30.6. The van der Waals surface area contributed by atoms with Crippen LogP contribution in [0.3, 0.4) is 0 Å². The van der Waals surface area contributed by atoms with Crippen molar-refractivity contribution in [3.8, 4) is 0 Å². The summed E-state index contributed by atoms with van der Waals surface area (Å²) in [5.41, 5.74) is -0.722. The van der Waals surface area contributed by atoms with Gasteiger partial charge in [-0.1, -0.05) is 26.0 Å². The number of rotatable bonds is 4. The van der Waals surface area contributed by atoms with Crippen molar-refractivity contribution in [1.82, 2.24) is 5.06 Å². The molecular formula is C19H21NO6S. The molecule has 5 rings (SSSR count). The smallest absolute Gasteiger partial charge is 0.289 e. The van der Waals surface area contributed by atoms with Crippen molar-refractivity contribution in [2.45, 2.75) is 39.5 Å². The zero-order valence-corrected chi connectivity index (χ0v) is 16.0. The minimum atomic E-state index is -4.29. The van der Waals surface area contributed by atoms with Crippen molar-refractivity contribution in [3.63, 3.8) is 0 Å². The highest BCUT2D eigenvalue weighted by molar-refractivity contribution is 7.86. The lowest BCUT2D eigenvalue weighted by atomic mass is 9.70. The number of imide groups is 1. The Bertz CT molecular complexity index is 940. The van der Waals surface area contributed by atoms with Gasteiger partial charge in [-0.05, 0) is 30.6 Å². The quantitative estimate of drug-likeness (QED) is 0.532. The number of amides is 2. The molecule has 0 spiro atoms. The molecule has 0 saturated heterocycles. The Balaban J connectivity index is 1.40. The zero-order valence-electron chi connectivity index (χ0n) is 15.2. The van der Waals surface area contributed by atoms with Crippen molar-refractivity contribution in [3.05, 3.63) is 23.3 Å². The van der Waals surface area contributed by atoms with Crippen molar-refractivity contribution in [1.29, 1.82) is 0 Å². The molecule has 0 radical (unpaired) electrons. The molecular weight excluding hydrogens is 370 g/mol. The van der Waals surface area contributed by atoms with E-state index in [-0.39, 0.29) is 23.5 Å². The number of carbonyl (C=O) groups excluding carboxylic acids is 3. The van der Waals surface area contributed by atoms with Gasteiger partial charge in [-0.2, -0.15) is 8.42 Å². The molecule has 4 unspecified atom stereocenters. The second kappa shape index (κ2) is 4.97. The fourth-order valence-corrected chi connectivity index (χ4v) is 7.70. The van der Waals surface area contributed by atoms with Crippen LogP contribution in [0.2, 0.25) is 0 Å². The summed E-state index contributed by atoms with van der Waals surface area (Å²) in [7, 11) is -4.29. The molecule has 4 bridgehead atoms. The lowest BCUT2D eigenvalue weighted by Crippen LogP contribution is -2.45. The standard InChI is InChI=1S/C19H21NO6S/c1-18(2)12-5-6-19(18,13(21)8-12)9-27(24,25)26-20-16(22)14-10-3-4-11(7-10)15(14)17(20)23/h3-4,10-12H,5-9H2,1-2H3. The molecule has 2 saturated carbocycles. The summed E-state index contributed by atoms with van der Waals surface area (Å²) in [6.07, 6.45) is 6.14. The van der Waals surface area contributed by atoms with Gasteiger partial charge < -0.3 is 0 Å². The second-order valence-electron chi connectivity index (χ2n) is 9.01. The third-order valence-electron chi connectivity index (χ3n) is 7.70. The Morgan fingerprint density at radius 3 is 2.19 bits per heavy atom. The summed E-state index contributed by atoms with van der Waals surface area (Å²) in [6, 6.07) is 0. The molecule has 2 amide bonds. The van der Waals surface area contributed by atoms with Gasteiger partial charge in [0.25, 0.3) is 21.9 Å². The Morgan fingerprint density at radius 1 is 1.11 bits per heavy atom. The van der Waals surface area contributed by atoms with Crippen LogP contribution in [-0.4, -0.2) is 36.8 Å². The largest absolute Gasteiger partial charge is 0.299 e. The first kappa shape index (κ1) is 17.3. The summed E-state index contributed by atoms with van der Waals surface area (Å²) in [5.74, 6) is -2.02. The monoisotopic (exact) mass is 391 g/mol. The van der Waals surface area contributed by atoms with E-state index in [1.54, 1.807) is 0 Å². The van der Waals surface area contributed by atoms with Gasteiger partial charge >= 0.3 is 0 Å². The van der Waals surface area contributed by atoms with Crippen LogP contribution in [0.15, 0.2) is 23.3 Å². The number of allylic oxidation sites excluding steroid dienone is 2. The zero-order chi connectivity index (χ0) is 19.4. The fraction of sp³-hybridized carbons (Fsp3) is 0.632. The first-order valence-electron chi connectivity index (χ1n) is 9.34. The van der Waals surface area contributed by atoms with Gasteiger partial charge in [-0.15, -0.1) is 9.35 Å². The number of nitrogens with zero attached hydrogens (tertiary/aromatic N) is 1. The third-order valence-corrected chi connectivity index (χ3v) is 8.92. The van der Waals surface area contributed by atoms with Crippen LogP contribution in [0.5, 0.6) is 0 Å². The minimum absolute atomic E-state index is 0.0575. The van der Waals surface area contributed by atoms with Crippen molar-refractivity contribution < 1.29 is 27.1 Å². The van der Waals surface area contributed by atoms with E-state index in [0.29, 0.717) is 35.5 Å². The molecule has 1 aliphatic heterocycles. The molecule has 1 heterocycles. The number of hydrogen-bond acceptors (Lipinski definition) is 6. The highest BCUT2D eigenvalue weighted by atomic mass is 32.2. The number of hydroxylamine groups is 2. The molecule has 5 aliphatic rings. The van der Waals surface area contributed by atoms with Crippen LogP contribution < -0.4 is 0 Å². The SMILES string of the molecule is CC1(C)C2CCC1(CS(=O)(=O)ON1C(=O)C3=C(C1=O)C1C=CC3C1)C(=O)C2. The van der Waals surface area contributed by atoms with E-state index in [0.717, 1.165) is 6.42 Å². The molecule has 144 valence electrons. The van der Waals surface area contributed by atoms with Crippen LogP contribution in [0, 0.1) is 28.6 Å². The molecule has 0 aromatic carbocycles. The predicted molar refractivity (Wildman–Crippen MR) is 93.0 cm³/mol. The molecule has 0 aromatic rings. The van der Waals surface area contributed by atoms with Gasteiger partial charge in [0.1, 0.15) is 5.78 Å². The highest BCUT2D eigenvalue weighted by Gasteiger charge is 2.66. The highest BCUT2D eigenvalue weighted by Crippen LogP contribution is 2.64. The Morgan fingerprint density at radius 2 is 1.70 bits per heavy atom. The Labute approximate surface area is 157 Å². The first-order chi connectivity index (χ1) is 12.6. The Kier molecular flexibility index (Phi) is 3.19. The maximum absolute atomic E-state index is 12.8. The topological polar surface area (TPSA) is 97.8 Å². The summed E-state index contributed by atoms with van der Waals surface area (Å²) in [4.78, 5) is 37.8. The van der Waals surface area contributed by atoms with E-state index in [9.17, 15) is 22.8 Å². The van der Waals surface area contributed by atoms with Crippen molar-refractivity contribution in [2.24, 2.45) is 28.6 Å². The molecule has 0 aromatic heterocycles. The van der Waals surface area contributed by atoms with E-state index in [2.05, 4.69) is 0 Å². The third kappa shape index (κ3) is 2.00. The fourth-order valence-electron chi connectivity index (χ4n) is 6.00. The molecule has 8 heteroatoms. The number of hydrogen-bond donors (Lipinski definition) is 0. The normalized spacial score (nSPS) is 38.7. The summed E-state index contributed by atoms with van der Waals surface area (Å²) >= 11 is 0. The molecule has 4 atom stereocenters. The Hall–Kier alpha value is -1.80. The van der Waals surface area contributed by atoms with Crippen LogP contribution in [0.4, 0.5) is 0 Å². The first-order valence-corrected chi connectivity index (χ1v) is 10.9. The molecule has 27 heavy (non-hydrogen) atoms. The van der Waals surface area contributed by atoms with E-state index in [1.165, 1.54) is 0 Å². The van der Waals surface area contributed by atoms with E-state index >= 15 is 0 Å². The summed E-state index contributed by atoms with van der Waals surface area (Å²) in [6.45, 7) is 3.85. The van der Waals surface area contributed by atoms with Gasteiger partial charge in [0.2, 0.25) is 0 Å². The molecule has 0 N–H and O–H groups in total. The average Bonchev–Trinajstić information content (AvgIpc) is 3.33. The number of fused-ring (bicyclic) bond motifs is 6. The number of ketones is 1. The van der Waals surface area contributed by atoms with Crippen molar-refractivity contribution >= 4 is 27.7 Å².